The maximum atomic E-state index is 13.8. The van der Waals surface area contributed by atoms with E-state index in [-0.39, 0.29) is 5.83 Å². The first-order chi connectivity index (χ1) is 8.29. The van der Waals surface area contributed by atoms with Gasteiger partial charge in [0, 0.05) is 18.0 Å². The molecular formula is C14H12FNO. The zero-order chi connectivity index (χ0) is 12.1. The van der Waals surface area contributed by atoms with Gasteiger partial charge in [-0.15, -0.1) is 0 Å². The molecule has 0 fully saturated rings. The highest BCUT2D eigenvalue weighted by atomic mass is 19.1. The lowest BCUT2D eigenvalue weighted by atomic mass is 10.1. The Hall–Kier alpha value is -2.16. The first-order valence-electron chi connectivity index (χ1n) is 5.21. The summed E-state index contributed by atoms with van der Waals surface area (Å²) >= 11 is 0. The number of rotatable bonds is 3. The predicted octanol–water partition coefficient (Wildman–Crippen LogP) is 3.56. The largest absolute Gasteiger partial charge is 0.497 e. The van der Waals surface area contributed by atoms with E-state index in [9.17, 15) is 4.39 Å². The summed E-state index contributed by atoms with van der Waals surface area (Å²) in [7, 11) is 1.60. The quantitative estimate of drug-likeness (QED) is 0.802. The molecule has 0 radical (unpaired) electrons. The normalized spacial score (nSPS) is 11.3. The first kappa shape index (κ1) is 11.3. The molecule has 0 spiro atoms. The van der Waals surface area contributed by atoms with Gasteiger partial charge in [-0.3, -0.25) is 4.98 Å². The van der Waals surface area contributed by atoms with Crippen LogP contribution in [0.5, 0.6) is 5.75 Å². The van der Waals surface area contributed by atoms with E-state index in [4.69, 9.17) is 4.74 Å². The minimum absolute atomic E-state index is 0.303. The van der Waals surface area contributed by atoms with Crippen molar-refractivity contribution < 1.29 is 9.13 Å². The molecule has 86 valence electrons. The number of nitrogens with zero attached hydrogens (tertiary/aromatic N) is 1. The van der Waals surface area contributed by atoms with Gasteiger partial charge in [0.1, 0.15) is 11.6 Å². The number of aromatic nitrogens is 1. The summed E-state index contributed by atoms with van der Waals surface area (Å²) in [5, 5.41) is 0. The summed E-state index contributed by atoms with van der Waals surface area (Å²) in [6.07, 6.45) is 4.58. The Kier molecular flexibility index (Phi) is 3.50. The molecule has 0 unspecified atom stereocenters. The van der Waals surface area contributed by atoms with E-state index in [0.29, 0.717) is 5.56 Å². The third-order valence-electron chi connectivity index (χ3n) is 2.35. The smallest absolute Gasteiger partial charge is 0.132 e. The highest BCUT2D eigenvalue weighted by Gasteiger charge is 2.00. The van der Waals surface area contributed by atoms with Gasteiger partial charge in [-0.1, -0.05) is 12.1 Å². The zero-order valence-electron chi connectivity index (χ0n) is 9.43. The van der Waals surface area contributed by atoms with Crippen molar-refractivity contribution in [2.45, 2.75) is 0 Å². The Bertz CT molecular complexity index is 506. The molecular weight excluding hydrogens is 217 g/mol. The maximum Gasteiger partial charge on any atom is 0.132 e. The molecule has 0 amide bonds. The number of hydrogen-bond acceptors (Lipinski definition) is 2. The van der Waals surface area contributed by atoms with Crippen LogP contribution in [0.25, 0.3) is 11.9 Å². The fourth-order valence-electron chi connectivity index (χ4n) is 1.43. The second-order valence-corrected chi connectivity index (χ2v) is 3.51. The van der Waals surface area contributed by atoms with Gasteiger partial charge < -0.3 is 4.74 Å². The Morgan fingerprint density at radius 2 is 2.00 bits per heavy atom. The average Bonchev–Trinajstić information content (AvgIpc) is 2.40. The fraction of sp³-hybridized carbons (Fsp3) is 0.0714. The van der Waals surface area contributed by atoms with Gasteiger partial charge in [0.05, 0.1) is 7.11 Å². The lowest BCUT2D eigenvalue weighted by molar-refractivity contribution is 0.415. The number of benzene rings is 1. The van der Waals surface area contributed by atoms with Crippen LogP contribution >= 0.6 is 0 Å². The molecule has 0 atom stereocenters. The fourth-order valence-corrected chi connectivity index (χ4v) is 1.43. The van der Waals surface area contributed by atoms with Gasteiger partial charge in [-0.2, -0.15) is 0 Å². The summed E-state index contributed by atoms with van der Waals surface area (Å²) in [4.78, 5) is 3.87. The third kappa shape index (κ3) is 2.91. The van der Waals surface area contributed by atoms with Gasteiger partial charge in [-0.25, -0.2) is 4.39 Å². The van der Waals surface area contributed by atoms with Gasteiger partial charge >= 0.3 is 0 Å². The van der Waals surface area contributed by atoms with E-state index in [2.05, 4.69) is 4.98 Å². The molecule has 1 heterocycles. The van der Waals surface area contributed by atoms with Crippen LogP contribution in [0.2, 0.25) is 0 Å². The highest BCUT2D eigenvalue weighted by Crippen LogP contribution is 2.20. The SMILES string of the molecule is COc1ccc(/C=C(/F)c2cccnc2)cc1. The molecule has 3 heteroatoms. The molecule has 0 aliphatic rings. The topological polar surface area (TPSA) is 22.1 Å². The minimum atomic E-state index is -0.303. The minimum Gasteiger partial charge on any atom is -0.497 e. The van der Waals surface area contributed by atoms with Crippen LogP contribution in [0.4, 0.5) is 4.39 Å². The molecule has 2 aromatic rings. The molecule has 17 heavy (non-hydrogen) atoms. The van der Waals surface area contributed by atoms with E-state index < -0.39 is 0 Å². The van der Waals surface area contributed by atoms with Crippen LogP contribution in [0.15, 0.2) is 48.8 Å². The van der Waals surface area contributed by atoms with Gasteiger partial charge in [0.2, 0.25) is 0 Å². The summed E-state index contributed by atoms with van der Waals surface area (Å²) in [6, 6.07) is 10.6. The second kappa shape index (κ2) is 5.25. The Morgan fingerprint density at radius 3 is 2.59 bits per heavy atom. The maximum absolute atomic E-state index is 13.8. The summed E-state index contributed by atoms with van der Waals surface area (Å²) in [5.74, 6) is 0.451. The van der Waals surface area contributed by atoms with Crippen LogP contribution in [0.1, 0.15) is 11.1 Å². The highest BCUT2D eigenvalue weighted by molar-refractivity contribution is 5.76. The average molecular weight is 229 g/mol. The van der Waals surface area contributed by atoms with Crippen molar-refractivity contribution in [1.82, 2.24) is 4.98 Å². The van der Waals surface area contributed by atoms with Crippen molar-refractivity contribution in [2.24, 2.45) is 0 Å². The van der Waals surface area contributed by atoms with Crippen LogP contribution in [-0.4, -0.2) is 12.1 Å². The van der Waals surface area contributed by atoms with Gasteiger partial charge in [0.15, 0.2) is 0 Å². The van der Waals surface area contributed by atoms with Crippen molar-refractivity contribution in [2.75, 3.05) is 7.11 Å². The molecule has 0 N–H and O–H groups in total. The summed E-state index contributed by atoms with van der Waals surface area (Å²) in [6.45, 7) is 0. The van der Waals surface area contributed by atoms with Crippen LogP contribution in [0, 0.1) is 0 Å². The lowest BCUT2D eigenvalue weighted by Crippen LogP contribution is -1.83. The molecule has 2 rings (SSSR count). The predicted molar refractivity (Wildman–Crippen MR) is 66.2 cm³/mol. The second-order valence-electron chi connectivity index (χ2n) is 3.51. The van der Waals surface area contributed by atoms with Gasteiger partial charge in [0.25, 0.3) is 0 Å². The van der Waals surface area contributed by atoms with Crippen LogP contribution < -0.4 is 4.74 Å². The molecule has 1 aromatic heterocycles. The molecule has 0 saturated heterocycles. The molecule has 0 saturated carbocycles. The number of methoxy groups -OCH3 is 1. The van der Waals surface area contributed by atoms with Crippen molar-refractivity contribution in [1.29, 1.82) is 0 Å². The van der Waals surface area contributed by atoms with Crippen molar-refractivity contribution in [3.63, 3.8) is 0 Å². The first-order valence-corrected chi connectivity index (χ1v) is 5.21. The van der Waals surface area contributed by atoms with E-state index >= 15 is 0 Å². The van der Waals surface area contributed by atoms with E-state index in [1.54, 1.807) is 49.7 Å². The Balaban J connectivity index is 2.23. The van der Waals surface area contributed by atoms with E-state index in [0.717, 1.165) is 11.3 Å². The van der Waals surface area contributed by atoms with Crippen molar-refractivity contribution in [3.05, 3.63) is 59.9 Å². The van der Waals surface area contributed by atoms with Crippen molar-refractivity contribution in [3.8, 4) is 5.75 Å². The Morgan fingerprint density at radius 1 is 1.24 bits per heavy atom. The summed E-state index contributed by atoms with van der Waals surface area (Å²) < 4.78 is 18.8. The lowest BCUT2D eigenvalue weighted by Gasteiger charge is -2.00. The molecule has 0 aliphatic heterocycles. The monoisotopic (exact) mass is 229 g/mol. The molecule has 1 aromatic carbocycles. The third-order valence-corrected chi connectivity index (χ3v) is 2.35. The number of ether oxygens (including phenoxy) is 1. The van der Waals surface area contributed by atoms with Crippen LogP contribution in [0.3, 0.4) is 0 Å². The van der Waals surface area contributed by atoms with E-state index in [1.165, 1.54) is 12.3 Å². The van der Waals surface area contributed by atoms with Gasteiger partial charge in [-0.05, 0) is 35.9 Å². The molecule has 2 nitrogen and oxygen atoms in total. The number of pyridine rings is 1. The Labute approximate surface area is 99.4 Å². The standard InChI is InChI=1S/C14H12FNO/c1-17-13-6-4-11(5-7-13)9-14(15)12-3-2-8-16-10-12/h2-10H,1H3/b14-9+. The van der Waals surface area contributed by atoms with E-state index in [1.807, 2.05) is 0 Å². The zero-order valence-corrected chi connectivity index (χ0v) is 9.43. The number of halogens is 1. The van der Waals surface area contributed by atoms with Crippen molar-refractivity contribution >= 4 is 11.9 Å². The summed E-state index contributed by atoms with van der Waals surface area (Å²) in [5.41, 5.74) is 1.26. The number of hydrogen-bond donors (Lipinski definition) is 0. The van der Waals surface area contributed by atoms with Crippen LogP contribution in [-0.2, 0) is 0 Å². The molecule has 0 aliphatic carbocycles. The molecule has 0 bridgehead atoms.